The van der Waals surface area contributed by atoms with Gasteiger partial charge in [-0.3, -0.25) is 14.8 Å². The molecular weight excluding hydrogens is 430 g/mol. The van der Waals surface area contributed by atoms with Gasteiger partial charge in [0.1, 0.15) is 18.3 Å². The predicted molar refractivity (Wildman–Crippen MR) is 130 cm³/mol. The van der Waals surface area contributed by atoms with Gasteiger partial charge in [-0.2, -0.15) is 5.10 Å². The van der Waals surface area contributed by atoms with Gasteiger partial charge in [0.15, 0.2) is 0 Å². The number of carbonyl (C=O) groups is 2. The monoisotopic (exact) mass is 453 g/mol. The summed E-state index contributed by atoms with van der Waals surface area (Å²) in [6.07, 6.45) is 0.543. The van der Waals surface area contributed by atoms with Crippen molar-refractivity contribution >= 4 is 28.7 Å². The molecule has 7 nitrogen and oxygen atoms in total. The number of ether oxygens (including phenoxy) is 1. The maximum Gasteiger partial charge on any atom is 0.413 e. The highest BCUT2D eigenvalue weighted by Crippen LogP contribution is 2.31. The number of amides is 1. The molecule has 0 bridgehead atoms. The van der Waals surface area contributed by atoms with Gasteiger partial charge in [-0.1, -0.05) is 60.4 Å². The average Bonchev–Trinajstić information content (AvgIpc) is 3.18. The molecule has 0 spiro atoms. The first kappa shape index (κ1) is 22.6. The third-order valence-corrected chi connectivity index (χ3v) is 5.34. The quantitative estimate of drug-likeness (QED) is 0.396. The van der Waals surface area contributed by atoms with Gasteiger partial charge in [0.25, 0.3) is 0 Å². The van der Waals surface area contributed by atoms with Gasteiger partial charge >= 0.3 is 12.1 Å². The number of carboxylic acids is 1. The molecule has 1 amide bonds. The lowest BCUT2D eigenvalue weighted by atomic mass is 10.0. The molecule has 0 aliphatic heterocycles. The fraction of sp³-hybridized carbons (Fsp3) is 0.148. The van der Waals surface area contributed by atoms with E-state index < -0.39 is 18.2 Å². The smallest absolute Gasteiger partial charge is 0.413 e. The molecule has 3 aromatic carbocycles. The van der Waals surface area contributed by atoms with Crippen LogP contribution in [0.4, 0.5) is 10.6 Å². The van der Waals surface area contributed by atoms with E-state index in [9.17, 15) is 9.59 Å². The number of carboxylic acid groups (broad SMARTS) is 1. The summed E-state index contributed by atoms with van der Waals surface area (Å²) < 4.78 is 7.14. The van der Waals surface area contributed by atoms with Crippen LogP contribution >= 0.6 is 0 Å². The van der Waals surface area contributed by atoms with Crippen molar-refractivity contribution < 1.29 is 19.4 Å². The molecule has 1 unspecified atom stereocenters. The molecule has 1 atom stereocenters. The number of aryl methyl sites for hydroxylation is 1. The Bertz CT molecular complexity index is 1410. The van der Waals surface area contributed by atoms with Crippen molar-refractivity contribution in [3.05, 3.63) is 84.1 Å². The molecule has 0 aliphatic rings. The van der Waals surface area contributed by atoms with E-state index in [-0.39, 0.29) is 6.42 Å². The fourth-order valence-corrected chi connectivity index (χ4v) is 3.59. The van der Waals surface area contributed by atoms with E-state index >= 15 is 0 Å². The molecule has 34 heavy (non-hydrogen) atoms. The van der Waals surface area contributed by atoms with Gasteiger partial charge in [0.2, 0.25) is 0 Å². The minimum absolute atomic E-state index is 0.194. The molecule has 2 N–H and O–H groups in total. The van der Waals surface area contributed by atoms with E-state index in [1.54, 1.807) is 17.9 Å². The first-order chi connectivity index (χ1) is 16.4. The minimum atomic E-state index is -0.947. The van der Waals surface area contributed by atoms with Crippen molar-refractivity contribution in [3.8, 4) is 23.0 Å². The third-order valence-electron chi connectivity index (χ3n) is 5.34. The zero-order valence-electron chi connectivity index (χ0n) is 18.8. The number of benzene rings is 3. The summed E-state index contributed by atoms with van der Waals surface area (Å²) in [5.74, 6) is 5.09. The van der Waals surface area contributed by atoms with Gasteiger partial charge in [-0.15, -0.1) is 0 Å². The van der Waals surface area contributed by atoms with E-state index in [0.29, 0.717) is 5.82 Å². The first-order valence-corrected chi connectivity index (χ1v) is 10.7. The Morgan fingerprint density at radius 2 is 1.82 bits per heavy atom. The lowest BCUT2D eigenvalue weighted by Crippen LogP contribution is -2.18. The number of anilines is 1. The number of hydrogen-bond donors (Lipinski definition) is 2. The Morgan fingerprint density at radius 3 is 2.59 bits per heavy atom. The van der Waals surface area contributed by atoms with Crippen molar-refractivity contribution in [2.45, 2.75) is 19.4 Å². The van der Waals surface area contributed by atoms with Crippen LogP contribution in [-0.4, -0.2) is 26.9 Å². The number of carbonyl (C=O) groups excluding carboxylic acids is 1. The van der Waals surface area contributed by atoms with Gasteiger partial charge < -0.3 is 9.84 Å². The second kappa shape index (κ2) is 9.92. The Morgan fingerprint density at radius 1 is 1.09 bits per heavy atom. The molecule has 0 aliphatic carbocycles. The van der Waals surface area contributed by atoms with Crippen LogP contribution in [-0.2, 0) is 16.6 Å². The Balaban J connectivity index is 1.54. The van der Waals surface area contributed by atoms with Gasteiger partial charge in [-0.05, 0) is 47.0 Å². The summed E-state index contributed by atoms with van der Waals surface area (Å²) in [5, 5.41) is 17.8. The predicted octanol–water partition coefficient (Wildman–Crippen LogP) is 5.38. The van der Waals surface area contributed by atoms with Crippen LogP contribution in [0.25, 0.3) is 21.9 Å². The maximum atomic E-state index is 12.6. The van der Waals surface area contributed by atoms with Crippen LogP contribution in [0.15, 0.2) is 72.9 Å². The molecule has 4 rings (SSSR count). The summed E-state index contributed by atoms with van der Waals surface area (Å²) in [4.78, 5) is 23.2. The zero-order chi connectivity index (χ0) is 24.1. The summed E-state index contributed by atoms with van der Waals surface area (Å²) in [6.45, 7) is 1.82. The second-order valence-electron chi connectivity index (χ2n) is 7.76. The zero-order valence-corrected chi connectivity index (χ0v) is 18.8. The largest absolute Gasteiger partial charge is 0.481 e. The molecule has 4 aromatic rings. The third kappa shape index (κ3) is 5.25. The topological polar surface area (TPSA) is 93.4 Å². The SMILES string of the molecule is CC(OC(=O)Nc1c(-c2ccc3cc(C#CCC(=O)O)ccc3c2)cnn1C)c1ccccc1. The molecular formula is C27H23N3O4. The van der Waals surface area contributed by atoms with Crippen molar-refractivity contribution in [2.75, 3.05) is 5.32 Å². The van der Waals surface area contributed by atoms with Crippen LogP contribution in [0.2, 0.25) is 0 Å². The summed E-state index contributed by atoms with van der Waals surface area (Å²) in [7, 11) is 1.75. The van der Waals surface area contributed by atoms with Crippen LogP contribution in [0, 0.1) is 11.8 Å². The van der Waals surface area contributed by atoms with E-state index in [0.717, 1.165) is 33.0 Å². The van der Waals surface area contributed by atoms with Crippen LogP contribution < -0.4 is 5.32 Å². The summed E-state index contributed by atoms with van der Waals surface area (Å²) in [6, 6.07) is 21.1. The van der Waals surface area contributed by atoms with Crippen LogP contribution in [0.5, 0.6) is 0 Å². The molecule has 1 heterocycles. The van der Waals surface area contributed by atoms with Crippen molar-refractivity contribution in [1.29, 1.82) is 0 Å². The number of fused-ring (bicyclic) bond motifs is 1. The van der Waals surface area contributed by atoms with Crippen molar-refractivity contribution in [1.82, 2.24) is 9.78 Å². The molecule has 0 saturated carbocycles. The second-order valence-corrected chi connectivity index (χ2v) is 7.76. The molecule has 0 fully saturated rings. The number of aliphatic carboxylic acids is 1. The molecule has 7 heteroatoms. The summed E-state index contributed by atoms with van der Waals surface area (Å²) >= 11 is 0. The molecule has 1 aromatic heterocycles. The lowest BCUT2D eigenvalue weighted by molar-refractivity contribution is -0.135. The van der Waals surface area contributed by atoms with E-state index in [1.165, 1.54) is 0 Å². The number of aromatic nitrogens is 2. The molecule has 0 saturated heterocycles. The minimum Gasteiger partial charge on any atom is -0.481 e. The van der Waals surface area contributed by atoms with Gasteiger partial charge in [0.05, 0.1) is 6.20 Å². The molecule has 0 radical (unpaired) electrons. The van der Waals surface area contributed by atoms with Crippen LogP contribution in [0.3, 0.4) is 0 Å². The number of nitrogens with one attached hydrogen (secondary N) is 1. The number of hydrogen-bond acceptors (Lipinski definition) is 4. The average molecular weight is 453 g/mol. The molecule has 170 valence electrons. The highest BCUT2D eigenvalue weighted by Gasteiger charge is 2.17. The van der Waals surface area contributed by atoms with Gasteiger partial charge in [-0.25, -0.2) is 4.79 Å². The van der Waals surface area contributed by atoms with E-state index in [1.807, 2.05) is 73.7 Å². The Labute approximate surface area is 197 Å². The van der Waals surface area contributed by atoms with Crippen molar-refractivity contribution in [2.24, 2.45) is 7.05 Å². The number of nitrogens with zero attached hydrogens (tertiary/aromatic N) is 2. The summed E-state index contributed by atoms with van der Waals surface area (Å²) in [5.41, 5.74) is 3.31. The van der Waals surface area contributed by atoms with E-state index in [4.69, 9.17) is 9.84 Å². The normalized spacial score (nSPS) is 11.4. The standard InChI is InChI=1S/C27H23N3O4/c1-18(20-8-4-3-5-9-20)34-27(33)29-26-24(17-28-30(26)2)23-14-13-21-15-19(7-6-10-25(31)32)11-12-22(21)16-23/h3-5,8-9,11-18H,10H2,1-2H3,(H,29,33)(H,31,32). The van der Waals surface area contributed by atoms with Gasteiger partial charge in [0, 0.05) is 18.2 Å². The lowest BCUT2D eigenvalue weighted by Gasteiger charge is -2.15. The Kier molecular flexibility index (Phi) is 6.60. The van der Waals surface area contributed by atoms with Crippen molar-refractivity contribution in [3.63, 3.8) is 0 Å². The van der Waals surface area contributed by atoms with Crippen LogP contribution in [0.1, 0.15) is 30.6 Å². The number of rotatable bonds is 5. The fourth-order valence-electron chi connectivity index (χ4n) is 3.59. The first-order valence-electron chi connectivity index (χ1n) is 10.7. The maximum absolute atomic E-state index is 12.6. The van der Waals surface area contributed by atoms with E-state index in [2.05, 4.69) is 22.3 Å². The highest BCUT2D eigenvalue weighted by molar-refractivity contribution is 5.93. The highest BCUT2D eigenvalue weighted by atomic mass is 16.6. The Hall–Kier alpha value is -4.57.